The molecule has 3 atom stereocenters. The number of carboxylic acid groups (broad SMARTS) is 1. The molecule has 92 valence electrons. The molecular weight excluding hydrogens is 226 g/mol. The number of carboxylic acids is 1. The van der Waals surface area contributed by atoms with Gasteiger partial charge in [-0.2, -0.15) is 11.8 Å². The molecule has 1 N–H and O–H groups in total. The zero-order valence-electron chi connectivity index (χ0n) is 9.97. The molecule has 4 nitrogen and oxygen atoms in total. The van der Waals surface area contributed by atoms with Gasteiger partial charge in [-0.1, -0.05) is 6.92 Å². The summed E-state index contributed by atoms with van der Waals surface area (Å²) in [5.41, 5.74) is 0. The van der Waals surface area contributed by atoms with Crippen molar-refractivity contribution in [1.82, 2.24) is 4.90 Å². The summed E-state index contributed by atoms with van der Waals surface area (Å²) in [5, 5.41) is 8.92. The number of hydrogen-bond donors (Lipinski definition) is 1. The number of amides is 1. The number of thioether (sulfide) groups is 1. The smallest absolute Gasteiger partial charge is 0.308 e. The van der Waals surface area contributed by atoms with E-state index in [1.54, 1.807) is 4.90 Å². The van der Waals surface area contributed by atoms with E-state index < -0.39 is 11.9 Å². The minimum absolute atomic E-state index is 0.0605. The van der Waals surface area contributed by atoms with Crippen LogP contribution in [-0.2, 0) is 9.59 Å². The molecule has 16 heavy (non-hydrogen) atoms. The molecule has 0 saturated carbocycles. The van der Waals surface area contributed by atoms with Crippen LogP contribution in [0.15, 0.2) is 0 Å². The Morgan fingerprint density at radius 1 is 1.44 bits per heavy atom. The Bertz CT molecular complexity index is 282. The van der Waals surface area contributed by atoms with Crippen LogP contribution in [0.3, 0.4) is 0 Å². The molecule has 0 aromatic heterocycles. The number of likely N-dealkylation sites (tertiary alicyclic amines) is 1. The van der Waals surface area contributed by atoms with Gasteiger partial charge in [-0.05, 0) is 25.5 Å². The van der Waals surface area contributed by atoms with Gasteiger partial charge in [-0.15, -0.1) is 0 Å². The van der Waals surface area contributed by atoms with Crippen LogP contribution in [0.1, 0.15) is 20.3 Å². The van der Waals surface area contributed by atoms with Crippen molar-refractivity contribution in [2.45, 2.75) is 25.5 Å². The molecule has 3 unspecified atom stereocenters. The van der Waals surface area contributed by atoms with Crippen molar-refractivity contribution >= 4 is 23.6 Å². The fourth-order valence-electron chi connectivity index (χ4n) is 2.07. The van der Waals surface area contributed by atoms with E-state index in [2.05, 4.69) is 0 Å². The van der Waals surface area contributed by atoms with Gasteiger partial charge in [0.2, 0.25) is 5.91 Å². The van der Waals surface area contributed by atoms with Gasteiger partial charge in [0.05, 0.1) is 11.2 Å². The standard InChI is InChI=1S/C11H19NO3S/c1-7-4-9(11(14)15)6-12(5-7)10(13)8(2)16-3/h7-9H,4-6H2,1-3H3,(H,14,15). The molecule has 0 aromatic carbocycles. The summed E-state index contributed by atoms with van der Waals surface area (Å²) in [7, 11) is 0. The molecule has 5 heteroatoms. The summed E-state index contributed by atoms with van der Waals surface area (Å²) >= 11 is 1.50. The largest absolute Gasteiger partial charge is 0.481 e. The fraction of sp³-hybridized carbons (Fsp3) is 0.818. The van der Waals surface area contributed by atoms with E-state index in [-0.39, 0.29) is 17.1 Å². The second kappa shape index (κ2) is 5.57. The highest BCUT2D eigenvalue weighted by molar-refractivity contribution is 7.99. The highest BCUT2D eigenvalue weighted by Gasteiger charge is 2.33. The van der Waals surface area contributed by atoms with Crippen LogP contribution in [0.25, 0.3) is 0 Å². The van der Waals surface area contributed by atoms with E-state index in [9.17, 15) is 9.59 Å². The van der Waals surface area contributed by atoms with Crippen LogP contribution in [0, 0.1) is 11.8 Å². The Kier molecular flexibility index (Phi) is 4.65. The molecule has 1 rings (SSSR count). The lowest BCUT2D eigenvalue weighted by Gasteiger charge is -2.35. The Hall–Kier alpha value is -0.710. The van der Waals surface area contributed by atoms with Crippen molar-refractivity contribution in [2.24, 2.45) is 11.8 Å². The first kappa shape index (κ1) is 13.4. The molecule has 0 aliphatic carbocycles. The maximum atomic E-state index is 12.0. The Morgan fingerprint density at radius 2 is 2.06 bits per heavy atom. The molecule has 1 aliphatic rings. The first-order valence-corrected chi connectivity index (χ1v) is 6.78. The summed E-state index contributed by atoms with van der Waals surface area (Å²) in [4.78, 5) is 24.6. The normalized spacial score (nSPS) is 27.6. The second-order valence-corrected chi connectivity index (χ2v) is 5.68. The number of carbonyl (C=O) groups is 2. The molecule has 0 bridgehead atoms. The predicted octanol–water partition coefficient (Wildman–Crippen LogP) is 1.31. The van der Waals surface area contributed by atoms with Crippen molar-refractivity contribution in [3.63, 3.8) is 0 Å². The number of hydrogen-bond acceptors (Lipinski definition) is 3. The van der Waals surface area contributed by atoms with E-state index in [4.69, 9.17) is 5.11 Å². The van der Waals surface area contributed by atoms with Gasteiger partial charge in [0, 0.05) is 13.1 Å². The zero-order valence-corrected chi connectivity index (χ0v) is 10.8. The van der Waals surface area contributed by atoms with Crippen LogP contribution in [-0.4, -0.2) is 46.5 Å². The van der Waals surface area contributed by atoms with Crippen LogP contribution < -0.4 is 0 Å². The molecule has 0 radical (unpaired) electrons. The number of carbonyl (C=O) groups excluding carboxylic acids is 1. The minimum Gasteiger partial charge on any atom is -0.481 e. The topological polar surface area (TPSA) is 57.6 Å². The minimum atomic E-state index is -0.791. The Labute approximate surface area is 100 Å². The Morgan fingerprint density at radius 3 is 2.56 bits per heavy atom. The summed E-state index contributed by atoms with van der Waals surface area (Å²) in [6.07, 6.45) is 2.57. The molecule has 1 saturated heterocycles. The lowest BCUT2D eigenvalue weighted by Crippen LogP contribution is -2.47. The van der Waals surface area contributed by atoms with Gasteiger partial charge in [-0.3, -0.25) is 9.59 Å². The molecule has 0 aromatic rings. The van der Waals surface area contributed by atoms with Gasteiger partial charge in [0.1, 0.15) is 0 Å². The maximum absolute atomic E-state index is 12.0. The van der Waals surface area contributed by atoms with Crippen LogP contribution in [0.4, 0.5) is 0 Å². The molecule has 0 spiro atoms. The highest BCUT2D eigenvalue weighted by Crippen LogP contribution is 2.23. The van der Waals surface area contributed by atoms with Crippen molar-refractivity contribution in [3.05, 3.63) is 0 Å². The van der Waals surface area contributed by atoms with Gasteiger partial charge in [-0.25, -0.2) is 0 Å². The third-order valence-electron chi connectivity index (χ3n) is 3.02. The molecule has 1 fully saturated rings. The monoisotopic (exact) mass is 245 g/mol. The van der Waals surface area contributed by atoms with E-state index in [1.165, 1.54) is 11.8 Å². The van der Waals surface area contributed by atoms with E-state index in [0.717, 1.165) is 0 Å². The zero-order chi connectivity index (χ0) is 12.3. The lowest BCUT2D eigenvalue weighted by molar-refractivity contribution is -0.146. The number of aliphatic carboxylic acids is 1. The average Bonchev–Trinajstić information content (AvgIpc) is 2.26. The van der Waals surface area contributed by atoms with Crippen molar-refractivity contribution in [3.8, 4) is 0 Å². The van der Waals surface area contributed by atoms with Gasteiger partial charge < -0.3 is 10.0 Å². The van der Waals surface area contributed by atoms with E-state index in [1.807, 2.05) is 20.1 Å². The van der Waals surface area contributed by atoms with Crippen molar-refractivity contribution in [2.75, 3.05) is 19.3 Å². The van der Waals surface area contributed by atoms with Gasteiger partial charge in [0.25, 0.3) is 0 Å². The van der Waals surface area contributed by atoms with Crippen LogP contribution in [0.5, 0.6) is 0 Å². The van der Waals surface area contributed by atoms with Gasteiger partial charge in [0.15, 0.2) is 0 Å². The summed E-state index contributed by atoms with van der Waals surface area (Å²) in [5.74, 6) is -0.860. The van der Waals surface area contributed by atoms with Crippen molar-refractivity contribution < 1.29 is 14.7 Å². The fourth-order valence-corrected chi connectivity index (χ4v) is 2.42. The third kappa shape index (κ3) is 3.14. The number of nitrogens with zero attached hydrogens (tertiary/aromatic N) is 1. The maximum Gasteiger partial charge on any atom is 0.308 e. The summed E-state index contributed by atoms with van der Waals surface area (Å²) < 4.78 is 0. The Balaban J connectivity index is 2.67. The number of piperidine rings is 1. The van der Waals surface area contributed by atoms with Crippen LogP contribution >= 0.6 is 11.8 Å². The lowest BCUT2D eigenvalue weighted by atomic mass is 9.90. The van der Waals surface area contributed by atoms with Crippen LogP contribution in [0.2, 0.25) is 0 Å². The quantitative estimate of drug-likeness (QED) is 0.814. The van der Waals surface area contributed by atoms with Crippen molar-refractivity contribution in [1.29, 1.82) is 0 Å². The first-order valence-electron chi connectivity index (χ1n) is 5.50. The SMILES string of the molecule is CSC(C)C(=O)N1CC(C)CC(C(=O)O)C1. The number of rotatable bonds is 3. The van der Waals surface area contributed by atoms with E-state index in [0.29, 0.717) is 19.5 Å². The predicted molar refractivity (Wildman–Crippen MR) is 64.5 cm³/mol. The summed E-state index contributed by atoms with van der Waals surface area (Å²) in [6.45, 7) is 4.91. The molecular formula is C11H19NO3S. The molecule has 1 aliphatic heterocycles. The molecule has 1 heterocycles. The first-order chi connectivity index (χ1) is 7.45. The summed E-state index contributed by atoms with van der Waals surface area (Å²) in [6, 6.07) is 0. The third-order valence-corrected chi connectivity index (χ3v) is 3.93. The highest BCUT2D eigenvalue weighted by atomic mass is 32.2. The second-order valence-electron chi connectivity index (χ2n) is 4.50. The molecule has 1 amide bonds. The van der Waals surface area contributed by atoms with E-state index >= 15 is 0 Å². The average molecular weight is 245 g/mol. The van der Waals surface area contributed by atoms with Gasteiger partial charge >= 0.3 is 5.97 Å².